The number of anilines is 1. The van der Waals surface area contributed by atoms with Crippen molar-refractivity contribution in [1.29, 1.82) is 0 Å². The number of nitrogens with one attached hydrogen (secondary N) is 1. The van der Waals surface area contributed by atoms with Crippen LogP contribution in [0.15, 0.2) is 58.5 Å². The first-order chi connectivity index (χ1) is 19.8. The van der Waals surface area contributed by atoms with Crippen LogP contribution in [0.25, 0.3) is 15.9 Å². The largest absolute Gasteiger partial charge is 0.494 e. The lowest BCUT2D eigenvalue weighted by atomic mass is 9.72. The van der Waals surface area contributed by atoms with E-state index in [0.717, 1.165) is 48.7 Å². The Hall–Kier alpha value is -3.31. The number of thiophene rings is 1. The molecule has 2 aromatic carbocycles. The van der Waals surface area contributed by atoms with Crippen LogP contribution in [0.3, 0.4) is 0 Å². The van der Waals surface area contributed by atoms with Gasteiger partial charge in [0.15, 0.2) is 5.16 Å². The molecule has 0 saturated carbocycles. The van der Waals surface area contributed by atoms with Crippen LogP contribution in [0.4, 0.5) is 18.9 Å². The topological polar surface area (TPSA) is 73.2 Å². The molecule has 1 aliphatic carbocycles. The Labute approximate surface area is 250 Å². The van der Waals surface area contributed by atoms with Gasteiger partial charge in [0.2, 0.25) is 5.91 Å². The summed E-state index contributed by atoms with van der Waals surface area (Å²) in [7, 11) is 0. The van der Waals surface area contributed by atoms with E-state index in [1.165, 1.54) is 32.9 Å². The highest BCUT2D eigenvalue weighted by atomic mass is 32.2. The van der Waals surface area contributed by atoms with Gasteiger partial charge in [0.05, 0.1) is 29.0 Å². The Kier molecular flexibility index (Phi) is 8.44. The molecular formula is C31H32F3N3O3S2. The summed E-state index contributed by atoms with van der Waals surface area (Å²) >= 11 is 2.60. The number of alkyl halides is 3. The number of ether oxygens (including phenoxy) is 1. The Balaban J connectivity index is 1.49. The average Bonchev–Trinajstić information content (AvgIpc) is 3.30. The van der Waals surface area contributed by atoms with Gasteiger partial charge < -0.3 is 10.1 Å². The fourth-order valence-corrected chi connectivity index (χ4v) is 7.38. The minimum atomic E-state index is -4.52. The summed E-state index contributed by atoms with van der Waals surface area (Å²) in [4.78, 5) is 33.6. The SMILES string of the molecule is CCOc1ccc(-n2c(SCC(=O)Nc3cccc(C(F)(F)F)c3)nc3sc4c(c3c2=O)CCC(C(C)(C)C)C4)cc1. The number of halogens is 3. The molecule has 2 heterocycles. The molecule has 6 nitrogen and oxygen atoms in total. The number of nitrogens with zero attached hydrogens (tertiary/aromatic N) is 2. The maximum Gasteiger partial charge on any atom is 0.416 e. The van der Waals surface area contributed by atoms with Crippen molar-refractivity contribution in [2.24, 2.45) is 11.3 Å². The fraction of sp³-hybridized carbons (Fsp3) is 0.387. The zero-order valence-corrected chi connectivity index (χ0v) is 25.4. The number of carbonyl (C=O) groups is 1. The number of rotatable bonds is 7. The van der Waals surface area contributed by atoms with E-state index in [1.54, 1.807) is 24.3 Å². The monoisotopic (exact) mass is 615 g/mol. The van der Waals surface area contributed by atoms with E-state index >= 15 is 0 Å². The minimum Gasteiger partial charge on any atom is -0.494 e. The fourth-order valence-electron chi connectivity index (χ4n) is 5.23. The summed E-state index contributed by atoms with van der Waals surface area (Å²) in [5, 5.41) is 3.48. The lowest BCUT2D eigenvalue weighted by Gasteiger charge is -2.33. The van der Waals surface area contributed by atoms with Gasteiger partial charge in [0.1, 0.15) is 10.6 Å². The van der Waals surface area contributed by atoms with Gasteiger partial charge in [-0.2, -0.15) is 13.2 Å². The first kappa shape index (κ1) is 30.2. The number of hydrogen-bond acceptors (Lipinski definition) is 6. The summed E-state index contributed by atoms with van der Waals surface area (Å²) in [6.45, 7) is 9.12. The van der Waals surface area contributed by atoms with Crippen molar-refractivity contribution < 1.29 is 22.7 Å². The zero-order chi connectivity index (χ0) is 30.2. The van der Waals surface area contributed by atoms with Crippen molar-refractivity contribution >= 4 is 44.9 Å². The van der Waals surface area contributed by atoms with Gasteiger partial charge in [-0.05, 0) is 85.5 Å². The molecule has 0 saturated heterocycles. The van der Waals surface area contributed by atoms with Crippen LogP contribution < -0.4 is 15.6 Å². The van der Waals surface area contributed by atoms with Crippen molar-refractivity contribution in [3.05, 3.63) is 74.9 Å². The number of hydrogen-bond donors (Lipinski definition) is 1. The summed E-state index contributed by atoms with van der Waals surface area (Å²) in [5.74, 6) is 0.506. The van der Waals surface area contributed by atoms with Gasteiger partial charge in [-0.15, -0.1) is 11.3 Å². The molecule has 4 aromatic rings. The number of amides is 1. The summed E-state index contributed by atoms with van der Waals surface area (Å²) < 4.78 is 46.4. The van der Waals surface area contributed by atoms with E-state index < -0.39 is 17.6 Å². The smallest absolute Gasteiger partial charge is 0.416 e. The molecule has 0 radical (unpaired) electrons. The second-order valence-electron chi connectivity index (χ2n) is 11.4. The van der Waals surface area contributed by atoms with Crippen molar-refractivity contribution in [3.63, 3.8) is 0 Å². The Morgan fingerprint density at radius 3 is 2.57 bits per heavy atom. The Morgan fingerprint density at radius 1 is 1.17 bits per heavy atom. The molecule has 1 aliphatic rings. The summed E-state index contributed by atoms with van der Waals surface area (Å²) in [5.41, 5.74) is 0.796. The van der Waals surface area contributed by atoms with Crippen LogP contribution in [0.1, 0.15) is 50.1 Å². The first-order valence-electron chi connectivity index (χ1n) is 13.8. The maximum absolute atomic E-state index is 14.1. The van der Waals surface area contributed by atoms with E-state index in [2.05, 4.69) is 26.1 Å². The Bertz CT molecular complexity index is 1670. The summed E-state index contributed by atoms with van der Waals surface area (Å²) in [6.07, 6.45) is -1.82. The van der Waals surface area contributed by atoms with Crippen LogP contribution in [0, 0.1) is 11.3 Å². The number of aryl methyl sites for hydroxylation is 1. The lowest BCUT2D eigenvalue weighted by molar-refractivity contribution is -0.137. The average molecular weight is 616 g/mol. The summed E-state index contributed by atoms with van der Waals surface area (Å²) in [6, 6.07) is 11.6. The van der Waals surface area contributed by atoms with Crippen molar-refractivity contribution in [2.75, 3.05) is 17.7 Å². The normalized spacial score (nSPS) is 15.5. The highest BCUT2D eigenvalue weighted by molar-refractivity contribution is 7.99. The van der Waals surface area contributed by atoms with Crippen LogP contribution in [0.5, 0.6) is 5.75 Å². The van der Waals surface area contributed by atoms with E-state index in [4.69, 9.17) is 9.72 Å². The number of aromatic nitrogens is 2. The van der Waals surface area contributed by atoms with Gasteiger partial charge in [-0.3, -0.25) is 14.2 Å². The van der Waals surface area contributed by atoms with Crippen molar-refractivity contribution in [2.45, 2.75) is 58.3 Å². The second kappa shape index (κ2) is 11.8. The van der Waals surface area contributed by atoms with E-state index in [-0.39, 0.29) is 22.4 Å². The molecular weight excluding hydrogens is 583 g/mol. The first-order valence-corrected chi connectivity index (χ1v) is 15.6. The predicted molar refractivity (Wildman–Crippen MR) is 162 cm³/mol. The lowest BCUT2D eigenvalue weighted by Crippen LogP contribution is -2.27. The molecule has 0 bridgehead atoms. The highest BCUT2D eigenvalue weighted by Crippen LogP contribution is 2.42. The molecule has 1 amide bonds. The molecule has 42 heavy (non-hydrogen) atoms. The van der Waals surface area contributed by atoms with Gasteiger partial charge in [-0.25, -0.2) is 4.98 Å². The molecule has 1 unspecified atom stereocenters. The highest BCUT2D eigenvalue weighted by Gasteiger charge is 2.33. The minimum absolute atomic E-state index is 0.0436. The molecule has 2 aromatic heterocycles. The molecule has 222 valence electrons. The molecule has 0 fully saturated rings. The maximum atomic E-state index is 14.1. The number of thioether (sulfide) groups is 1. The second-order valence-corrected chi connectivity index (χ2v) is 13.4. The third-order valence-electron chi connectivity index (χ3n) is 7.49. The van der Waals surface area contributed by atoms with Crippen LogP contribution in [0.2, 0.25) is 0 Å². The van der Waals surface area contributed by atoms with Gasteiger partial charge in [0, 0.05) is 10.6 Å². The van der Waals surface area contributed by atoms with Gasteiger partial charge >= 0.3 is 6.18 Å². The third kappa shape index (κ3) is 6.36. The van der Waals surface area contributed by atoms with Gasteiger partial charge in [-0.1, -0.05) is 38.6 Å². The number of carbonyl (C=O) groups excluding carboxylic acids is 1. The van der Waals surface area contributed by atoms with Crippen LogP contribution in [-0.4, -0.2) is 27.8 Å². The molecule has 11 heteroatoms. The van der Waals surface area contributed by atoms with E-state index in [9.17, 15) is 22.8 Å². The van der Waals surface area contributed by atoms with Crippen molar-refractivity contribution in [1.82, 2.24) is 9.55 Å². The Morgan fingerprint density at radius 2 is 1.90 bits per heavy atom. The van der Waals surface area contributed by atoms with Gasteiger partial charge in [0.25, 0.3) is 5.56 Å². The molecule has 0 spiro atoms. The quantitative estimate of drug-likeness (QED) is 0.170. The molecule has 5 rings (SSSR count). The predicted octanol–water partition coefficient (Wildman–Crippen LogP) is 7.75. The number of benzene rings is 2. The molecule has 0 aliphatic heterocycles. The van der Waals surface area contributed by atoms with Crippen molar-refractivity contribution in [3.8, 4) is 11.4 Å². The number of fused-ring (bicyclic) bond motifs is 3. The third-order valence-corrected chi connectivity index (χ3v) is 9.58. The standard InChI is InChI=1S/C31H32F3N3O3S2/c1-5-40-22-12-10-21(11-13-22)37-28(39)26-23-14-9-18(30(2,3)4)16-24(23)42-27(26)36-29(37)41-17-25(38)35-20-8-6-7-19(15-20)31(32,33)34/h6-8,10-13,15,18H,5,9,14,16-17H2,1-4H3,(H,35,38). The van der Waals surface area contributed by atoms with Crippen LogP contribution in [-0.2, 0) is 23.8 Å². The van der Waals surface area contributed by atoms with E-state index in [1.807, 2.05) is 6.92 Å². The molecule has 1 N–H and O–H groups in total. The zero-order valence-electron chi connectivity index (χ0n) is 23.8. The van der Waals surface area contributed by atoms with Crippen LogP contribution >= 0.6 is 23.1 Å². The van der Waals surface area contributed by atoms with E-state index in [0.29, 0.717) is 39.3 Å². The molecule has 1 atom stereocenters.